The minimum Gasteiger partial charge on any atom is -0.372 e. The zero-order valence-corrected chi connectivity index (χ0v) is 12.7. The number of rotatable bonds is 5. The second kappa shape index (κ2) is 7.32. The quantitative estimate of drug-likeness (QED) is 0.890. The van der Waals surface area contributed by atoms with Crippen LogP contribution >= 0.6 is 0 Å². The number of hydrogen-bond acceptors (Lipinski definition) is 2. The highest BCUT2D eigenvalue weighted by Gasteiger charge is 2.16. The van der Waals surface area contributed by atoms with Crippen LogP contribution in [0.2, 0.25) is 0 Å². The molecule has 0 radical (unpaired) electrons. The molecule has 1 amide bonds. The highest BCUT2D eigenvalue weighted by molar-refractivity contribution is 5.94. The van der Waals surface area contributed by atoms with Gasteiger partial charge in [-0.2, -0.15) is 0 Å². The van der Waals surface area contributed by atoms with Crippen molar-refractivity contribution in [2.45, 2.75) is 52.0 Å². The van der Waals surface area contributed by atoms with Gasteiger partial charge in [0, 0.05) is 30.4 Å². The van der Waals surface area contributed by atoms with E-state index in [1.165, 1.54) is 24.9 Å². The average molecular weight is 274 g/mol. The second-order valence-electron chi connectivity index (χ2n) is 5.53. The van der Waals surface area contributed by atoms with Gasteiger partial charge < -0.3 is 10.2 Å². The zero-order chi connectivity index (χ0) is 14.4. The van der Waals surface area contributed by atoms with E-state index in [1.807, 2.05) is 24.3 Å². The molecule has 0 saturated heterocycles. The zero-order valence-electron chi connectivity index (χ0n) is 12.7. The van der Waals surface area contributed by atoms with Crippen LogP contribution in [0.4, 0.5) is 5.69 Å². The molecular weight excluding hydrogens is 248 g/mol. The fourth-order valence-corrected chi connectivity index (χ4v) is 2.93. The van der Waals surface area contributed by atoms with Gasteiger partial charge in [-0.1, -0.05) is 19.3 Å². The van der Waals surface area contributed by atoms with Gasteiger partial charge in [-0.3, -0.25) is 4.79 Å². The van der Waals surface area contributed by atoms with Gasteiger partial charge in [0.1, 0.15) is 0 Å². The lowest BCUT2D eigenvalue weighted by Gasteiger charge is -2.23. The van der Waals surface area contributed by atoms with E-state index in [0.717, 1.165) is 31.5 Å². The molecule has 3 nitrogen and oxygen atoms in total. The molecular formula is C17H26N2O. The van der Waals surface area contributed by atoms with Crippen molar-refractivity contribution in [3.63, 3.8) is 0 Å². The lowest BCUT2D eigenvalue weighted by molar-refractivity contribution is 0.0928. The number of carbonyl (C=O) groups is 1. The molecule has 0 atom stereocenters. The van der Waals surface area contributed by atoms with E-state index < -0.39 is 0 Å². The van der Waals surface area contributed by atoms with E-state index in [0.29, 0.717) is 6.04 Å². The van der Waals surface area contributed by atoms with Crippen LogP contribution in [-0.2, 0) is 0 Å². The molecule has 1 aliphatic rings. The van der Waals surface area contributed by atoms with Gasteiger partial charge in [0.2, 0.25) is 0 Å². The Kier molecular flexibility index (Phi) is 5.45. The molecule has 1 aromatic rings. The summed E-state index contributed by atoms with van der Waals surface area (Å²) in [5.41, 5.74) is 1.95. The third-order valence-electron chi connectivity index (χ3n) is 4.20. The maximum atomic E-state index is 12.2. The molecule has 0 aliphatic heterocycles. The minimum atomic E-state index is 0.0722. The van der Waals surface area contributed by atoms with Crippen LogP contribution in [0.15, 0.2) is 24.3 Å². The molecule has 0 spiro atoms. The van der Waals surface area contributed by atoms with Crippen molar-refractivity contribution in [3.8, 4) is 0 Å². The number of hydrogen-bond donors (Lipinski definition) is 1. The molecule has 110 valence electrons. The van der Waals surface area contributed by atoms with Crippen molar-refractivity contribution in [2.24, 2.45) is 0 Å². The molecule has 1 saturated carbocycles. The summed E-state index contributed by atoms with van der Waals surface area (Å²) in [5.74, 6) is 0.0722. The number of amides is 1. The molecule has 0 bridgehead atoms. The van der Waals surface area contributed by atoms with Crippen molar-refractivity contribution in [1.82, 2.24) is 5.32 Å². The minimum absolute atomic E-state index is 0.0722. The van der Waals surface area contributed by atoms with E-state index in [-0.39, 0.29) is 5.91 Å². The highest BCUT2D eigenvalue weighted by atomic mass is 16.1. The molecule has 0 aromatic heterocycles. The van der Waals surface area contributed by atoms with E-state index in [4.69, 9.17) is 0 Å². The van der Waals surface area contributed by atoms with Crippen molar-refractivity contribution in [2.75, 3.05) is 18.0 Å². The Morgan fingerprint density at radius 2 is 1.70 bits per heavy atom. The van der Waals surface area contributed by atoms with Gasteiger partial charge in [0.25, 0.3) is 5.91 Å². The molecule has 1 fully saturated rings. The van der Waals surface area contributed by atoms with E-state index in [2.05, 4.69) is 24.1 Å². The van der Waals surface area contributed by atoms with Crippen LogP contribution in [0.25, 0.3) is 0 Å². The van der Waals surface area contributed by atoms with Gasteiger partial charge in [-0.05, 0) is 51.0 Å². The molecule has 1 aromatic carbocycles. The van der Waals surface area contributed by atoms with Crippen molar-refractivity contribution >= 4 is 11.6 Å². The molecule has 0 unspecified atom stereocenters. The first kappa shape index (κ1) is 14.9. The lowest BCUT2D eigenvalue weighted by Crippen LogP contribution is -2.36. The summed E-state index contributed by atoms with van der Waals surface area (Å²) in [7, 11) is 0. The van der Waals surface area contributed by atoms with Gasteiger partial charge in [-0.25, -0.2) is 0 Å². The first-order valence-corrected chi connectivity index (χ1v) is 7.90. The molecule has 2 rings (SSSR count). The maximum Gasteiger partial charge on any atom is 0.251 e. The number of anilines is 1. The summed E-state index contributed by atoms with van der Waals surface area (Å²) in [5, 5.41) is 3.16. The van der Waals surface area contributed by atoms with Crippen LogP contribution in [0.1, 0.15) is 56.3 Å². The Bertz CT molecular complexity index is 417. The van der Waals surface area contributed by atoms with Crippen molar-refractivity contribution < 1.29 is 4.79 Å². The Morgan fingerprint density at radius 3 is 2.25 bits per heavy atom. The predicted octanol–water partition coefficient (Wildman–Crippen LogP) is 3.60. The Balaban J connectivity index is 1.96. The van der Waals surface area contributed by atoms with Crippen LogP contribution < -0.4 is 10.2 Å². The van der Waals surface area contributed by atoms with Crippen LogP contribution in [0, 0.1) is 0 Å². The fourth-order valence-electron chi connectivity index (χ4n) is 2.93. The first-order chi connectivity index (χ1) is 9.74. The number of nitrogens with zero attached hydrogens (tertiary/aromatic N) is 1. The van der Waals surface area contributed by atoms with E-state index in [9.17, 15) is 4.79 Å². The standard InChI is InChI=1S/C17H26N2O/c1-3-19(4-2)16-12-10-14(11-13-16)17(20)18-15-8-6-5-7-9-15/h10-13,15H,3-9H2,1-2H3,(H,18,20). The maximum absolute atomic E-state index is 12.2. The Morgan fingerprint density at radius 1 is 1.10 bits per heavy atom. The van der Waals surface area contributed by atoms with Crippen molar-refractivity contribution in [3.05, 3.63) is 29.8 Å². The summed E-state index contributed by atoms with van der Waals surface area (Å²) in [4.78, 5) is 14.5. The van der Waals surface area contributed by atoms with Crippen molar-refractivity contribution in [1.29, 1.82) is 0 Å². The number of carbonyl (C=O) groups excluding carboxylic acids is 1. The number of benzene rings is 1. The molecule has 0 heterocycles. The molecule has 1 aliphatic carbocycles. The molecule has 1 N–H and O–H groups in total. The summed E-state index contributed by atoms with van der Waals surface area (Å²) in [6, 6.07) is 8.34. The predicted molar refractivity (Wildman–Crippen MR) is 84.3 cm³/mol. The summed E-state index contributed by atoms with van der Waals surface area (Å²) < 4.78 is 0. The summed E-state index contributed by atoms with van der Waals surface area (Å²) >= 11 is 0. The van der Waals surface area contributed by atoms with Crippen LogP contribution in [0.5, 0.6) is 0 Å². The van der Waals surface area contributed by atoms with Gasteiger partial charge >= 0.3 is 0 Å². The monoisotopic (exact) mass is 274 g/mol. The van der Waals surface area contributed by atoms with Gasteiger partial charge in [0.05, 0.1) is 0 Å². The van der Waals surface area contributed by atoms with Gasteiger partial charge in [-0.15, -0.1) is 0 Å². The normalized spacial score (nSPS) is 15.9. The number of nitrogens with one attached hydrogen (secondary N) is 1. The fraction of sp³-hybridized carbons (Fsp3) is 0.588. The SMILES string of the molecule is CCN(CC)c1ccc(C(=O)NC2CCCCC2)cc1. The lowest BCUT2D eigenvalue weighted by atomic mass is 9.95. The summed E-state index contributed by atoms with van der Waals surface area (Å²) in [6.45, 7) is 6.27. The molecule has 3 heteroatoms. The first-order valence-electron chi connectivity index (χ1n) is 7.90. The summed E-state index contributed by atoms with van der Waals surface area (Å²) in [6.07, 6.45) is 6.05. The second-order valence-corrected chi connectivity index (χ2v) is 5.53. The third-order valence-corrected chi connectivity index (χ3v) is 4.20. The largest absolute Gasteiger partial charge is 0.372 e. The van der Waals surface area contributed by atoms with Gasteiger partial charge in [0.15, 0.2) is 0 Å². The smallest absolute Gasteiger partial charge is 0.251 e. The third kappa shape index (κ3) is 3.75. The van der Waals surface area contributed by atoms with E-state index >= 15 is 0 Å². The van der Waals surface area contributed by atoms with E-state index in [1.54, 1.807) is 0 Å². The Labute approximate surface area is 122 Å². The topological polar surface area (TPSA) is 32.3 Å². The van der Waals surface area contributed by atoms with Crippen LogP contribution in [-0.4, -0.2) is 25.0 Å². The Hall–Kier alpha value is -1.51. The average Bonchev–Trinajstić information content (AvgIpc) is 2.50. The highest BCUT2D eigenvalue weighted by Crippen LogP contribution is 2.19. The van der Waals surface area contributed by atoms with Crippen LogP contribution in [0.3, 0.4) is 0 Å². The molecule has 20 heavy (non-hydrogen) atoms.